The number of nitrogens with one attached hydrogen (secondary N) is 1. The van der Waals surface area contributed by atoms with Gasteiger partial charge in [-0.2, -0.15) is 4.31 Å². The first-order valence-corrected chi connectivity index (χ1v) is 8.24. The van der Waals surface area contributed by atoms with Crippen LogP contribution in [0.25, 0.3) is 0 Å². The third-order valence-corrected chi connectivity index (χ3v) is 5.55. The molecule has 0 amide bonds. The summed E-state index contributed by atoms with van der Waals surface area (Å²) >= 11 is 6.02. The van der Waals surface area contributed by atoms with Crippen molar-refractivity contribution in [3.8, 4) is 0 Å². The fourth-order valence-corrected chi connectivity index (χ4v) is 4.06. The Kier molecular flexibility index (Phi) is 3.61. The van der Waals surface area contributed by atoms with E-state index in [2.05, 4.69) is 10.3 Å². The summed E-state index contributed by atoms with van der Waals surface area (Å²) in [7, 11) is -1.92. The summed E-state index contributed by atoms with van der Waals surface area (Å²) in [5, 5.41) is 3.09. The second kappa shape index (κ2) is 5.29. The van der Waals surface area contributed by atoms with Gasteiger partial charge in [-0.05, 0) is 17.2 Å². The van der Waals surface area contributed by atoms with Crippen LogP contribution < -0.4 is 5.32 Å². The molecule has 0 atom stereocenters. The first-order chi connectivity index (χ1) is 10.0. The molecule has 0 aliphatic carbocycles. The van der Waals surface area contributed by atoms with Crippen LogP contribution in [0.4, 0.5) is 5.82 Å². The second-order valence-corrected chi connectivity index (χ2v) is 7.14. The smallest absolute Gasteiger partial charge is 0.245 e. The van der Waals surface area contributed by atoms with Gasteiger partial charge in [-0.3, -0.25) is 0 Å². The molecule has 1 N–H and O–H groups in total. The first-order valence-electron chi connectivity index (χ1n) is 6.42. The molecule has 110 valence electrons. The van der Waals surface area contributed by atoms with Crippen LogP contribution in [-0.2, 0) is 23.1 Å². The first kappa shape index (κ1) is 14.3. The molecule has 0 fully saturated rings. The van der Waals surface area contributed by atoms with Gasteiger partial charge in [0.15, 0.2) is 0 Å². The van der Waals surface area contributed by atoms with Crippen LogP contribution in [0.3, 0.4) is 0 Å². The van der Waals surface area contributed by atoms with Crippen LogP contribution in [0, 0.1) is 0 Å². The number of benzene rings is 1. The van der Waals surface area contributed by atoms with Gasteiger partial charge in [-0.25, -0.2) is 13.4 Å². The summed E-state index contributed by atoms with van der Waals surface area (Å²) in [6, 6.07) is 9.14. The van der Waals surface area contributed by atoms with E-state index in [4.69, 9.17) is 11.6 Å². The van der Waals surface area contributed by atoms with Crippen molar-refractivity contribution in [2.24, 2.45) is 0 Å². The Morgan fingerprint density at radius 3 is 2.38 bits per heavy atom. The number of anilines is 1. The predicted molar refractivity (Wildman–Crippen MR) is 81.7 cm³/mol. The van der Waals surface area contributed by atoms with E-state index in [0.717, 1.165) is 11.1 Å². The molecule has 0 bridgehead atoms. The lowest BCUT2D eigenvalue weighted by Gasteiger charge is -2.16. The summed E-state index contributed by atoms with van der Waals surface area (Å²) in [5.41, 5.74) is 2.07. The molecule has 0 radical (unpaired) electrons. The highest BCUT2D eigenvalue weighted by Gasteiger charge is 2.30. The fraction of sp³-hybridized carbons (Fsp3) is 0.214. The third-order valence-electron chi connectivity index (χ3n) is 3.50. The number of rotatable bonds is 3. The van der Waals surface area contributed by atoms with Gasteiger partial charge in [0.2, 0.25) is 10.0 Å². The number of hydrogen-bond donors (Lipinski definition) is 1. The van der Waals surface area contributed by atoms with Crippen LogP contribution in [0.2, 0.25) is 5.02 Å². The minimum atomic E-state index is -3.60. The zero-order valence-corrected chi connectivity index (χ0v) is 12.9. The van der Waals surface area contributed by atoms with E-state index in [1.165, 1.54) is 16.6 Å². The van der Waals surface area contributed by atoms with E-state index in [1.807, 2.05) is 24.3 Å². The van der Waals surface area contributed by atoms with Gasteiger partial charge in [0.05, 0.1) is 5.02 Å². The lowest BCUT2D eigenvalue weighted by molar-refractivity contribution is 0.431. The molecular weight excluding hydrogens is 310 g/mol. The van der Waals surface area contributed by atoms with Crippen LogP contribution in [0.5, 0.6) is 0 Å². The van der Waals surface area contributed by atoms with Crippen molar-refractivity contribution >= 4 is 27.4 Å². The number of nitrogens with zero attached hydrogens (tertiary/aromatic N) is 2. The average Bonchev–Trinajstić information content (AvgIpc) is 2.92. The van der Waals surface area contributed by atoms with Gasteiger partial charge in [-0.15, -0.1) is 0 Å². The number of halogens is 1. The Balaban J connectivity index is 1.94. The highest BCUT2D eigenvalue weighted by atomic mass is 35.5. The average molecular weight is 324 g/mol. The normalized spacial score (nSPS) is 15.0. The molecule has 1 aliphatic rings. The predicted octanol–water partition coefficient (Wildman–Crippen LogP) is 2.48. The summed E-state index contributed by atoms with van der Waals surface area (Å²) in [6.07, 6.45) is 1.33. The van der Waals surface area contributed by atoms with Crippen molar-refractivity contribution in [2.75, 3.05) is 12.4 Å². The molecule has 1 aliphatic heterocycles. The molecule has 21 heavy (non-hydrogen) atoms. The third kappa shape index (κ3) is 2.50. The molecule has 5 nitrogen and oxygen atoms in total. The Hall–Kier alpha value is -1.63. The minimum Gasteiger partial charge on any atom is -0.372 e. The second-order valence-electron chi connectivity index (χ2n) is 4.79. The Bertz CT molecular complexity index is 768. The molecule has 0 spiro atoms. The molecule has 1 aromatic heterocycles. The van der Waals surface area contributed by atoms with Crippen molar-refractivity contribution in [1.82, 2.24) is 9.29 Å². The maximum atomic E-state index is 12.7. The number of aromatic nitrogens is 1. The number of hydrogen-bond acceptors (Lipinski definition) is 4. The van der Waals surface area contributed by atoms with Crippen molar-refractivity contribution < 1.29 is 8.42 Å². The standard InChI is InChI=1S/C14H14ClN3O2S/c1-16-14-13(15)6-12(7-17-14)21(19,20)18-8-10-4-2-3-5-11(10)9-18/h2-7H,8-9H2,1H3,(H,16,17). The molecule has 0 saturated heterocycles. The molecule has 3 rings (SSSR count). The molecule has 2 heterocycles. The van der Waals surface area contributed by atoms with Gasteiger partial charge in [0.1, 0.15) is 10.7 Å². The van der Waals surface area contributed by atoms with E-state index >= 15 is 0 Å². The van der Waals surface area contributed by atoms with E-state index in [9.17, 15) is 8.42 Å². The molecule has 2 aromatic rings. The van der Waals surface area contributed by atoms with Crippen molar-refractivity contribution in [3.05, 3.63) is 52.7 Å². The van der Waals surface area contributed by atoms with Gasteiger partial charge < -0.3 is 5.32 Å². The fourth-order valence-electron chi connectivity index (χ4n) is 2.37. The molecular formula is C14H14ClN3O2S. The van der Waals surface area contributed by atoms with Crippen molar-refractivity contribution in [2.45, 2.75) is 18.0 Å². The molecule has 7 heteroatoms. The maximum absolute atomic E-state index is 12.7. The molecule has 0 saturated carbocycles. The highest BCUT2D eigenvalue weighted by molar-refractivity contribution is 7.89. The number of sulfonamides is 1. The summed E-state index contributed by atoms with van der Waals surface area (Å²) in [4.78, 5) is 4.15. The summed E-state index contributed by atoms with van der Waals surface area (Å²) in [5.74, 6) is 0.459. The van der Waals surface area contributed by atoms with E-state index in [-0.39, 0.29) is 9.92 Å². The lowest BCUT2D eigenvalue weighted by Crippen LogP contribution is -2.25. The quantitative estimate of drug-likeness (QED) is 0.942. The Morgan fingerprint density at radius 2 is 1.86 bits per heavy atom. The zero-order valence-electron chi connectivity index (χ0n) is 11.4. The molecule has 0 unspecified atom stereocenters. The highest BCUT2D eigenvalue weighted by Crippen LogP contribution is 2.30. The Morgan fingerprint density at radius 1 is 1.24 bits per heavy atom. The Labute approximate surface area is 128 Å². The van der Waals surface area contributed by atoms with Crippen LogP contribution >= 0.6 is 11.6 Å². The van der Waals surface area contributed by atoms with Gasteiger partial charge in [0.25, 0.3) is 0 Å². The van der Waals surface area contributed by atoms with Crippen LogP contribution in [-0.4, -0.2) is 24.8 Å². The van der Waals surface area contributed by atoms with Crippen molar-refractivity contribution in [1.29, 1.82) is 0 Å². The van der Waals surface area contributed by atoms with E-state index in [1.54, 1.807) is 7.05 Å². The number of fused-ring (bicyclic) bond motifs is 1. The van der Waals surface area contributed by atoms with E-state index in [0.29, 0.717) is 18.9 Å². The molecule has 1 aromatic carbocycles. The number of pyridine rings is 1. The largest absolute Gasteiger partial charge is 0.372 e. The van der Waals surface area contributed by atoms with Crippen LogP contribution in [0.15, 0.2) is 41.4 Å². The summed E-state index contributed by atoms with van der Waals surface area (Å²) < 4.78 is 26.8. The van der Waals surface area contributed by atoms with Gasteiger partial charge in [-0.1, -0.05) is 35.9 Å². The zero-order chi connectivity index (χ0) is 15.0. The SMILES string of the molecule is CNc1ncc(S(=O)(=O)N2Cc3ccccc3C2)cc1Cl. The summed E-state index contributed by atoms with van der Waals surface area (Å²) in [6.45, 7) is 0.758. The van der Waals surface area contributed by atoms with Gasteiger partial charge >= 0.3 is 0 Å². The monoisotopic (exact) mass is 323 g/mol. The van der Waals surface area contributed by atoms with Crippen molar-refractivity contribution in [3.63, 3.8) is 0 Å². The van der Waals surface area contributed by atoms with Crippen LogP contribution in [0.1, 0.15) is 11.1 Å². The lowest BCUT2D eigenvalue weighted by atomic mass is 10.1. The van der Waals surface area contributed by atoms with Gasteiger partial charge in [0, 0.05) is 26.3 Å². The van der Waals surface area contributed by atoms with E-state index < -0.39 is 10.0 Å². The topological polar surface area (TPSA) is 62.3 Å². The maximum Gasteiger partial charge on any atom is 0.245 e. The minimum absolute atomic E-state index is 0.110.